The molecule has 0 fully saturated rings. The van der Waals surface area contributed by atoms with E-state index >= 15 is 0 Å². The number of hydrogen-bond acceptors (Lipinski definition) is 1. The van der Waals surface area contributed by atoms with Crippen LogP contribution in [-0.4, -0.2) is 10.1 Å². The molecule has 1 aromatic rings. The normalized spacial score (nSPS) is 11.0. The first kappa shape index (κ1) is 11.3. The molecule has 0 bridgehead atoms. The lowest BCUT2D eigenvalue weighted by Gasteiger charge is -2.15. The smallest absolute Gasteiger partial charge is 0.199 e. The van der Waals surface area contributed by atoms with Crippen LogP contribution >= 0.6 is 23.2 Å². The maximum absolute atomic E-state index is 11.7. The standard InChI is InChI=1S/C11H10Cl2O/c1-2-8-11(12,13)10(14)9-6-4-3-5-7-9/h2-7H,1,8H2. The Labute approximate surface area is 93.3 Å². The summed E-state index contributed by atoms with van der Waals surface area (Å²) in [6.07, 6.45) is 1.77. The molecule has 0 unspecified atom stereocenters. The molecule has 0 atom stereocenters. The van der Waals surface area contributed by atoms with Gasteiger partial charge in [0.05, 0.1) is 0 Å². The van der Waals surface area contributed by atoms with Crippen LogP contribution in [0.5, 0.6) is 0 Å². The molecule has 1 aromatic carbocycles. The molecule has 74 valence electrons. The summed E-state index contributed by atoms with van der Waals surface area (Å²) >= 11 is 11.7. The predicted octanol–water partition coefficient (Wildman–Crippen LogP) is 3.62. The van der Waals surface area contributed by atoms with Crippen molar-refractivity contribution >= 4 is 29.0 Å². The van der Waals surface area contributed by atoms with Gasteiger partial charge in [-0.25, -0.2) is 0 Å². The van der Waals surface area contributed by atoms with Gasteiger partial charge in [0.2, 0.25) is 0 Å². The van der Waals surface area contributed by atoms with E-state index in [4.69, 9.17) is 23.2 Å². The van der Waals surface area contributed by atoms with Crippen LogP contribution in [0.15, 0.2) is 43.0 Å². The van der Waals surface area contributed by atoms with E-state index in [-0.39, 0.29) is 12.2 Å². The molecule has 0 aliphatic carbocycles. The Morgan fingerprint density at radius 1 is 1.36 bits per heavy atom. The molecule has 0 spiro atoms. The fourth-order valence-electron chi connectivity index (χ4n) is 1.07. The quantitative estimate of drug-likeness (QED) is 0.437. The lowest BCUT2D eigenvalue weighted by Crippen LogP contribution is -2.25. The van der Waals surface area contributed by atoms with Gasteiger partial charge in [0.25, 0.3) is 0 Å². The second-order valence-electron chi connectivity index (χ2n) is 2.89. The van der Waals surface area contributed by atoms with Gasteiger partial charge in [0.1, 0.15) is 0 Å². The summed E-state index contributed by atoms with van der Waals surface area (Å²) in [4.78, 5) is 11.7. The van der Waals surface area contributed by atoms with Crippen molar-refractivity contribution in [2.75, 3.05) is 0 Å². The molecule has 1 nitrogen and oxygen atoms in total. The highest BCUT2D eigenvalue weighted by Gasteiger charge is 2.32. The molecule has 0 saturated heterocycles. The van der Waals surface area contributed by atoms with E-state index < -0.39 is 4.33 Å². The van der Waals surface area contributed by atoms with Gasteiger partial charge < -0.3 is 0 Å². The Morgan fingerprint density at radius 2 is 1.93 bits per heavy atom. The highest BCUT2D eigenvalue weighted by molar-refractivity contribution is 6.59. The number of carbonyl (C=O) groups excluding carboxylic acids is 1. The zero-order valence-corrected chi connectivity index (χ0v) is 9.05. The molecule has 0 aliphatic rings. The summed E-state index contributed by atoms with van der Waals surface area (Å²) in [5.74, 6) is -0.290. The number of allylic oxidation sites excluding steroid dienone is 1. The Hall–Kier alpha value is -0.790. The first-order valence-electron chi connectivity index (χ1n) is 4.16. The second kappa shape index (κ2) is 4.63. The van der Waals surface area contributed by atoms with Gasteiger partial charge in [0, 0.05) is 12.0 Å². The summed E-state index contributed by atoms with van der Waals surface area (Å²) in [6, 6.07) is 8.74. The number of carbonyl (C=O) groups is 1. The Balaban J connectivity index is 2.90. The molecule has 1 rings (SSSR count). The van der Waals surface area contributed by atoms with Crippen LogP contribution in [0.3, 0.4) is 0 Å². The monoisotopic (exact) mass is 228 g/mol. The SMILES string of the molecule is C=CCC(Cl)(Cl)C(=O)c1ccccc1. The molecule has 0 saturated carbocycles. The predicted molar refractivity (Wildman–Crippen MR) is 60.0 cm³/mol. The second-order valence-corrected chi connectivity index (χ2v) is 4.38. The van der Waals surface area contributed by atoms with Crippen molar-refractivity contribution in [1.82, 2.24) is 0 Å². The van der Waals surface area contributed by atoms with Crippen molar-refractivity contribution in [2.45, 2.75) is 10.8 Å². The van der Waals surface area contributed by atoms with Crippen LogP contribution in [-0.2, 0) is 0 Å². The van der Waals surface area contributed by atoms with Gasteiger partial charge in [-0.05, 0) is 0 Å². The highest BCUT2D eigenvalue weighted by atomic mass is 35.5. The van der Waals surface area contributed by atoms with E-state index in [9.17, 15) is 4.79 Å². The zero-order chi connectivity index (χ0) is 10.6. The minimum absolute atomic E-state index is 0.240. The number of Topliss-reactive ketones (excluding diaryl/α,β-unsaturated/α-hetero) is 1. The largest absolute Gasteiger partial charge is 0.291 e. The lowest BCUT2D eigenvalue weighted by atomic mass is 10.1. The molecule has 0 amide bonds. The molecular weight excluding hydrogens is 219 g/mol. The number of halogens is 2. The third-order valence-corrected chi connectivity index (χ3v) is 2.42. The van der Waals surface area contributed by atoms with Gasteiger partial charge in [-0.3, -0.25) is 4.79 Å². The third-order valence-electron chi connectivity index (χ3n) is 1.77. The maximum Gasteiger partial charge on any atom is 0.199 e. The van der Waals surface area contributed by atoms with Crippen molar-refractivity contribution < 1.29 is 4.79 Å². The van der Waals surface area contributed by atoms with Crippen LogP contribution in [0.4, 0.5) is 0 Å². The molecule has 0 aromatic heterocycles. The van der Waals surface area contributed by atoms with Crippen molar-refractivity contribution in [1.29, 1.82) is 0 Å². The summed E-state index contributed by atoms with van der Waals surface area (Å²) in [5.41, 5.74) is 0.513. The lowest BCUT2D eigenvalue weighted by molar-refractivity contribution is 0.0973. The summed E-state index contributed by atoms with van der Waals surface area (Å²) in [7, 11) is 0. The fourth-order valence-corrected chi connectivity index (χ4v) is 1.51. The minimum atomic E-state index is -1.40. The van der Waals surface area contributed by atoms with E-state index in [0.717, 1.165) is 0 Å². The minimum Gasteiger partial charge on any atom is -0.291 e. The van der Waals surface area contributed by atoms with Gasteiger partial charge in [-0.15, -0.1) is 6.58 Å². The average Bonchev–Trinajstić information content (AvgIpc) is 2.18. The number of rotatable bonds is 4. The van der Waals surface area contributed by atoms with E-state index in [1.807, 2.05) is 6.07 Å². The van der Waals surface area contributed by atoms with Gasteiger partial charge >= 0.3 is 0 Å². The Morgan fingerprint density at radius 3 is 2.43 bits per heavy atom. The number of alkyl halides is 2. The number of hydrogen-bond donors (Lipinski definition) is 0. The molecule has 3 heteroatoms. The van der Waals surface area contributed by atoms with Crippen molar-refractivity contribution in [3.05, 3.63) is 48.6 Å². The van der Waals surface area contributed by atoms with Crippen LogP contribution in [0, 0.1) is 0 Å². The molecule has 0 N–H and O–H groups in total. The van der Waals surface area contributed by atoms with Crippen molar-refractivity contribution in [3.8, 4) is 0 Å². The Bertz CT molecular complexity index is 330. The zero-order valence-electron chi connectivity index (χ0n) is 7.54. The van der Waals surface area contributed by atoms with Crippen LogP contribution in [0.25, 0.3) is 0 Å². The van der Waals surface area contributed by atoms with E-state index in [0.29, 0.717) is 5.56 Å². The van der Waals surface area contributed by atoms with Gasteiger partial charge in [0.15, 0.2) is 10.1 Å². The molecular formula is C11H10Cl2O. The van der Waals surface area contributed by atoms with Crippen LogP contribution < -0.4 is 0 Å². The van der Waals surface area contributed by atoms with E-state index in [2.05, 4.69) is 6.58 Å². The van der Waals surface area contributed by atoms with Gasteiger partial charge in [-0.2, -0.15) is 0 Å². The first-order chi connectivity index (χ1) is 6.58. The summed E-state index contributed by atoms with van der Waals surface area (Å²) < 4.78 is -1.40. The van der Waals surface area contributed by atoms with Crippen LogP contribution in [0.2, 0.25) is 0 Å². The third kappa shape index (κ3) is 2.60. The molecule has 0 radical (unpaired) electrons. The summed E-state index contributed by atoms with van der Waals surface area (Å²) in [6.45, 7) is 3.50. The molecule has 0 aliphatic heterocycles. The molecule has 0 heterocycles. The van der Waals surface area contributed by atoms with Gasteiger partial charge in [-0.1, -0.05) is 59.6 Å². The first-order valence-corrected chi connectivity index (χ1v) is 4.92. The van der Waals surface area contributed by atoms with E-state index in [1.165, 1.54) is 6.08 Å². The number of benzene rings is 1. The average molecular weight is 229 g/mol. The van der Waals surface area contributed by atoms with E-state index in [1.54, 1.807) is 24.3 Å². The summed E-state index contributed by atoms with van der Waals surface area (Å²) in [5, 5.41) is 0. The number of ketones is 1. The fraction of sp³-hybridized carbons (Fsp3) is 0.182. The highest BCUT2D eigenvalue weighted by Crippen LogP contribution is 2.29. The molecule has 14 heavy (non-hydrogen) atoms. The topological polar surface area (TPSA) is 17.1 Å². The Kier molecular flexibility index (Phi) is 3.73. The van der Waals surface area contributed by atoms with Crippen LogP contribution in [0.1, 0.15) is 16.8 Å². The van der Waals surface area contributed by atoms with Crippen molar-refractivity contribution in [3.63, 3.8) is 0 Å². The maximum atomic E-state index is 11.7. The van der Waals surface area contributed by atoms with Crippen molar-refractivity contribution in [2.24, 2.45) is 0 Å².